The summed E-state index contributed by atoms with van der Waals surface area (Å²) in [6.45, 7) is 3.23. The summed E-state index contributed by atoms with van der Waals surface area (Å²) in [6.07, 6.45) is 0.142. The zero-order valence-electron chi connectivity index (χ0n) is 7.75. The Morgan fingerprint density at radius 1 is 1.54 bits per heavy atom. The van der Waals surface area contributed by atoms with Gasteiger partial charge in [0.1, 0.15) is 0 Å². The Hall–Kier alpha value is -0.810. The van der Waals surface area contributed by atoms with Crippen LogP contribution in [-0.2, 0) is 4.74 Å². The lowest BCUT2D eigenvalue weighted by molar-refractivity contribution is 0.0641. The van der Waals surface area contributed by atoms with Crippen molar-refractivity contribution in [1.29, 1.82) is 0 Å². The molecule has 2 amide bonds. The van der Waals surface area contributed by atoms with Crippen LogP contribution in [0.2, 0.25) is 0 Å². The minimum atomic E-state index is 0.0377. The molecule has 2 saturated heterocycles. The van der Waals surface area contributed by atoms with E-state index in [2.05, 4.69) is 10.6 Å². The highest BCUT2D eigenvalue weighted by atomic mass is 16.5. The number of hydrogen-bond donors (Lipinski definition) is 2. The summed E-state index contributed by atoms with van der Waals surface area (Å²) in [6, 6.07) is 0.239. The number of nitrogens with zero attached hydrogens (tertiary/aromatic N) is 1. The van der Waals surface area contributed by atoms with Gasteiger partial charge in [0.05, 0.1) is 12.1 Å². The van der Waals surface area contributed by atoms with Crippen LogP contribution in [0.4, 0.5) is 4.79 Å². The van der Waals surface area contributed by atoms with Gasteiger partial charge in [-0.1, -0.05) is 0 Å². The average Bonchev–Trinajstić information content (AvgIpc) is 2.71. The molecule has 5 nitrogen and oxygen atoms in total. The van der Waals surface area contributed by atoms with Gasteiger partial charge in [0.15, 0.2) is 0 Å². The largest absolute Gasteiger partial charge is 0.378 e. The highest BCUT2D eigenvalue weighted by molar-refractivity contribution is 5.76. The number of amides is 2. The predicted octanol–water partition coefficient (Wildman–Crippen LogP) is -1.00. The van der Waals surface area contributed by atoms with Crippen LogP contribution in [-0.4, -0.2) is 56.4 Å². The summed E-state index contributed by atoms with van der Waals surface area (Å²) >= 11 is 0. The van der Waals surface area contributed by atoms with Crippen molar-refractivity contribution < 1.29 is 9.53 Å². The van der Waals surface area contributed by atoms with Gasteiger partial charge in [-0.15, -0.1) is 0 Å². The van der Waals surface area contributed by atoms with Crippen molar-refractivity contribution in [2.75, 3.05) is 33.3 Å². The first-order valence-corrected chi connectivity index (χ1v) is 4.61. The number of rotatable bonds is 2. The molecule has 5 heteroatoms. The van der Waals surface area contributed by atoms with Gasteiger partial charge in [0, 0.05) is 33.3 Å². The zero-order valence-corrected chi connectivity index (χ0v) is 7.75. The van der Waals surface area contributed by atoms with Gasteiger partial charge < -0.3 is 20.3 Å². The van der Waals surface area contributed by atoms with E-state index in [4.69, 9.17) is 4.74 Å². The van der Waals surface area contributed by atoms with Crippen LogP contribution in [0, 0.1) is 0 Å². The third-order valence-corrected chi connectivity index (χ3v) is 2.72. The molecule has 2 heterocycles. The minimum Gasteiger partial charge on any atom is -0.378 e. The third-order valence-electron chi connectivity index (χ3n) is 2.72. The normalized spacial score (nSPS) is 33.9. The smallest absolute Gasteiger partial charge is 0.317 e. The van der Waals surface area contributed by atoms with Crippen molar-refractivity contribution in [2.45, 2.75) is 12.1 Å². The topological polar surface area (TPSA) is 53.6 Å². The maximum atomic E-state index is 11.4. The number of hydrogen-bond acceptors (Lipinski definition) is 3. The minimum absolute atomic E-state index is 0.0377. The Labute approximate surface area is 77.4 Å². The Kier molecular flexibility index (Phi) is 2.37. The van der Waals surface area contributed by atoms with Gasteiger partial charge in [-0.2, -0.15) is 0 Å². The van der Waals surface area contributed by atoms with Crippen molar-refractivity contribution in [2.24, 2.45) is 0 Å². The lowest BCUT2D eigenvalue weighted by Gasteiger charge is -2.26. The maximum absolute atomic E-state index is 11.4. The summed E-state index contributed by atoms with van der Waals surface area (Å²) in [5, 5.41) is 6.02. The molecule has 0 aromatic heterocycles. The number of methoxy groups -OCH3 is 1. The lowest BCUT2D eigenvalue weighted by Crippen LogP contribution is -2.45. The van der Waals surface area contributed by atoms with Crippen LogP contribution in [0.25, 0.3) is 0 Å². The molecule has 2 fully saturated rings. The Morgan fingerprint density at radius 2 is 2.38 bits per heavy atom. The molecule has 0 aromatic carbocycles. The second-order valence-corrected chi connectivity index (χ2v) is 3.43. The molecule has 2 atom stereocenters. The quantitative estimate of drug-likeness (QED) is 0.580. The van der Waals surface area contributed by atoms with Crippen molar-refractivity contribution in [3.8, 4) is 0 Å². The fourth-order valence-electron chi connectivity index (χ4n) is 2.00. The first-order valence-electron chi connectivity index (χ1n) is 4.61. The van der Waals surface area contributed by atoms with Crippen LogP contribution < -0.4 is 10.6 Å². The molecule has 0 aromatic rings. The van der Waals surface area contributed by atoms with E-state index in [-0.39, 0.29) is 18.2 Å². The van der Waals surface area contributed by atoms with E-state index in [1.807, 2.05) is 4.90 Å². The fraction of sp³-hybridized carbons (Fsp3) is 0.875. The molecule has 2 rings (SSSR count). The van der Waals surface area contributed by atoms with Gasteiger partial charge in [0.2, 0.25) is 0 Å². The Bertz CT molecular complexity index is 210. The highest BCUT2D eigenvalue weighted by Crippen LogP contribution is 2.13. The standard InChI is InChI=1S/C8H15N3O2/c1-13-7-5-9-4-6(7)11-3-2-10-8(11)12/h6-7,9H,2-5H2,1H3,(H,10,12). The molecule has 0 radical (unpaired) electrons. The molecule has 2 unspecified atom stereocenters. The molecule has 2 aliphatic heterocycles. The van der Waals surface area contributed by atoms with Gasteiger partial charge >= 0.3 is 6.03 Å². The molecule has 0 spiro atoms. The van der Waals surface area contributed by atoms with Crippen LogP contribution >= 0.6 is 0 Å². The number of urea groups is 1. The molecule has 0 aliphatic carbocycles. The van der Waals surface area contributed by atoms with Gasteiger partial charge in [-0.05, 0) is 0 Å². The fourth-order valence-corrected chi connectivity index (χ4v) is 2.00. The number of nitrogens with one attached hydrogen (secondary N) is 2. The second-order valence-electron chi connectivity index (χ2n) is 3.43. The monoisotopic (exact) mass is 185 g/mol. The van der Waals surface area contributed by atoms with E-state index in [1.165, 1.54) is 0 Å². The average molecular weight is 185 g/mol. The maximum Gasteiger partial charge on any atom is 0.317 e. The molecular weight excluding hydrogens is 170 g/mol. The first kappa shape index (κ1) is 8.77. The summed E-state index contributed by atoms with van der Waals surface area (Å²) in [5.41, 5.74) is 0. The van der Waals surface area contributed by atoms with E-state index in [9.17, 15) is 4.79 Å². The second kappa shape index (κ2) is 3.51. The van der Waals surface area contributed by atoms with E-state index >= 15 is 0 Å². The van der Waals surface area contributed by atoms with Crippen molar-refractivity contribution in [3.05, 3.63) is 0 Å². The molecule has 2 N–H and O–H groups in total. The molecule has 0 bridgehead atoms. The van der Waals surface area contributed by atoms with E-state index < -0.39 is 0 Å². The number of carbonyl (C=O) groups is 1. The van der Waals surface area contributed by atoms with E-state index in [0.717, 1.165) is 26.2 Å². The van der Waals surface area contributed by atoms with E-state index in [1.54, 1.807) is 7.11 Å². The highest BCUT2D eigenvalue weighted by Gasteiger charge is 2.36. The van der Waals surface area contributed by atoms with Crippen LogP contribution in [0.1, 0.15) is 0 Å². The van der Waals surface area contributed by atoms with Gasteiger partial charge in [-0.3, -0.25) is 0 Å². The van der Waals surface area contributed by atoms with Crippen molar-refractivity contribution in [1.82, 2.24) is 15.5 Å². The Balaban J connectivity index is 2.02. The summed E-state index contributed by atoms with van der Waals surface area (Å²) in [7, 11) is 1.69. The van der Waals surface area contributed by atoms with E-state index in [0.29, 0.717) is 0 Å². The molecule has 13 heavy (non-hydrogen) atoms. The predicted molar refractivity (Wildman–Crippen MR) is 47.6 cm³/mol. The zero-order chi connectivity index (χ0) is 9.26. The summed E-state index contributed by atoms with van der Waals surface area (Å²) < 4.78 is 5.30. The van der Waals surface area contributed by atoms with Crippen LogP contribution in [0.3, 0.4) is 0 Å². The molecule has 74 valence electrons. The van der Waals surface area contributed by atoms with Gasteiger partial charge in [0.25, 0.3) is 0 Å². The van der Waals surface area contributed by atoms with Crippen LogP contribution in [0.15, 0.2) is 0 Å². The lowest BCUT2D eigenvalue weighted by atomic mass is 10.2. The van der Waals surface area contributed by atoms with Crippen molar-refractivity contribution >= 4 is 6.03 Å². The summed E-state index contributed by atoms with van der Waals surface area (Å²) in [5.74, 6) is 0. The number of ether oxygens (including phenoxy) is 1. The third kappa shape index (κ3) is 1.49. The van der Waals surface area contributed by atoms with Gasteiger partial charge in [-0.25, -0.2) is 4.79 Å². The van der Waals surface area contributed by atoms with Crippen LogP contribution in [0.5, 0.6) is 0 Å². The Morgan fingerprint density at radius 3 is 3.00 bits per heavy atom. The first-order chi connectivity index (χ1) is 6.33. The molecular formula is C8H15N3O2. The SMILES string of the molecule is COC1CNCC1N1CCNC1=O. The summed E-state index contributed by atoms with van der Waals surface area (Å²) in [4.78, 5) is 13.2. The number of carbonyl (C=O) groups excluding carboxylic acids is 1. The molecule has 2 aliphatic rings. The van der Waals surface area contributed by atoms with Crippen molar-refractivity contribution in [3.63, 3.8) is 0 Å². The molecule has 0 saturated carbocycles.